The van der Waals surface area contributed by atoms with Crippen molar-refractivity contribution in [2.24, 2.45) is 0 Å². The number of hydrogen-bond acceptors (Lipinski definition) is 5. The van der Waals surface area contributed by atoms with Gasteiger partial charge in [0, 0.05) is 23.7 Å². The number of nitrogens with one attached hydrogen (secondary N) is 2. The van der Waals surface area contributed by atoms with Crippen LogP contribution in [0.25, 0.3) is 0 Å². The topological polar surface area (TPSA) is 80.0 Å². The minimum Gasteiger partial charge on any atom is -0.340 e. The van der Waals surface area contributed by atoms with Gasteiger partial charge in [0.25, 0.3) is 0 Å². The Balaban J connectivity index is 1.81. The van der Waals surface area contributed by atoms with E-state index in [4.69, 9.17) is 16.1 Å². The molecular weight excluding hydrogens is 324 g/mol. The Labute approximate surface area is 138 Å². The van der Waals surface area contributed by atoms with E-state index < -0.39 is 0 Å². The van der Waals surface area contributed by atoms with Gasteiger partial charge in [0.1, 0.15) is 0 Å². The summed E-state index contributed by atoms with van der Waals surface area (Å²) in [5, 5.41) is 10.0. The Morgan fingerprint density at radius 3 is 2.91 bits per heavy atom. The van der Waals surface area contributed by atoms with Crippen LogP contribution in [-0.2, 0) is 6.54 Å². The van der Waals surface area contributed by atoms with Crippen LogP contribution in [0, 0.1) is 6.92 Å². The maximum atomic E-state index is 11.8. The van der Waals surface area contributed by atoms with E-state index in [1.165, 1.54) is 0 Å². The number of rotatable bonds is 6. The molecule has 1 aromatic carbocycles. The van der Waals surface area contributed by atoms with Gasteiger partial charge in [-0.25, -0.2) is 4.79 Å². The summed E-state index contributed by atoms with van der Waals surface area (Å²) in [6.45, 7) is 2.42. The molecule has 118 valence electrons. The van der Waals surface area contributed by atoms with Crippen LogP contribution < -0.4 is 10.6 Å². The van der Waals surface area contributed by atoms with Gasteiger partial charge in [-0.2, -0.15) is 16.7 Å². The summed E-state index contributed by atoms with van der Waals surface area (Å²) < 4.78 is 4.83. The fourth-order valence-corrected chi connectivity index (χ4v) is 2.73. The van der Waals surface area contributed by atoms with E-state index in [-0.39, 0.29) is 17.8 Å². The van der Waals surface area contributed by atoms with Gasteiger partial charge in [0.2, 0.25) is 5.89 Å². The molecule has 6 nitrogen and oxygen atoms in total. The maximum Gasteiger partial charge on any atom is 0.315 e. The largest absolute Gasteiger partial charge is 0.340 e. The number of carbonyl (C=O) groups is 1. The number of hydrogen-bond donors (Lipinski definition) is 2. The standard InChI is InChI=1S/C14H17ClN4O2S/c1-9-18-13(19-21-9)8-17-14(20)16-7-12(22-2)10-4-3-5-11(15)6-10/h3-6,12H,7-8H2,1-2H3,(H2,16,17,20)/t12-/m1/s1. The number of urea groups is 1. The second kappa shape index (κ2) is 8.05. The van der Waals surface area contributed by atoms with E-state index in [1.54, 1.807) is 18.7 Å². The zero-order chi connectivity index (χ0) is 15.9. The molecule has 0 aliphatic heterocycles. The van der Waals surface area contributed by atoms with Crippen LogP contribution in [0.15, 0.2) is 28.8 Å². The van der Waals surface area contributed by atoms with E-state index in [1.807, 2.05) is 30.5 Å². The molecule has 0 saturated heterocycles. The number of nitrogens with zero attached hydrogens (tertiary/aromatic N) is 2. The lowest BCUT2D eigenvalue weighted by Gasteiger charge is -2.16. The predicted octanol–water partition coefficient (Wildman–Crippen LogP) is 2.93. The molecule has 0 aliphatic carbocycles. The van der Waals surface area contributed by atoms with Crippen molar-refractivity contribution in [3.63, 3.8) is 0 Å². The van der Waals surface area contributed by atoms with Crippen LogP contribution >= 0.6 is 23.4 Å². The lowest BCUT2D eigenvalue weighted by atomic mass is 10.1. The van der Waals surface area contributed by atoms with Crippen molar-refractivity contribution >= 4 is 29.4 Å². The molecule has 22 heavy (non-hydrogen) atoms. The van der Waals surface area contributed by atoms with Crippen LogP contribution in [0.5, 0.6) is 0 Å². The van der Waals surface area contributed by atoms with E-state index in [2.05, 4.69) is 20.8 Å². The molecule has 0 unspecified atom stereocenters. The van der Waals surface area contributed by atoms with E-state index >= 15 is 0 Å². The predicted molar refractivity (Wildman–Crippen MR) is 87.0 cm³/mol. The minimum atomic E-state index is -0.275. The molecule has 0 bridgehead atoms. The van der Waals surface area contributed by atoms with Crippen molar-refractivity contribution < 1.29 is 9.32 Å². The zero-order valence-corrected chi connectivity index (χ0v) is 13.9. The van der Waals surface area contributed by atoms with Crippen LogP contribution in [0.4, 0.5) is 4.79 Å². The number of aromatic nitrogens is 2. The number of thioether (sulfide) groups is 1. The summed E-state index contributed by atoms with van der Waals surface area (Å²) >= 11 is 7.65. The fraction of sp³-hybridized carbons (Fsp3) is 0.357. The molecule has 0 saturated carbocycles. The van der Waals surface area contributed by atoms with Gasteiger partial charge in [0.15, 0.2) is 5.82 Å². The van der Waals surface area contributed by atoms with Crippen LogP contribution in [-0.4, -0.2) is 29.0 Å². The van der Waals surface area contributed by atoms with Gasteiger partial charge >= 0.3 is 6.03 Å². The summed E-state index contributed by atoms with van der Waals surface area (Å²) in [6.07, 6.45) is 1.99. The lowest BCUT2D eigenvalue weighted by Crippen LogP contribution is -2.37. The number of amides is 2. The van der Waals surface area contributed by atoms with Crippen molar-refractivity contribution in [1.82, 2.24) is 20.8 Å². The molecule has 2 rings (SSSR count). The molecular formula is C14H17ClN4O2S. The third kappa shape index (κ3) is 4.92. The maximum absolute atomic E-state index is 11.8. The first-order valence-corrected chi connectivity index (χ1v) is 8.34. The van der Waals surface area contributed by atoms with Crippen LogP contribution in [0.2, 0.25) is 5.02 Å². The van der Waals surface area contributed by atoms with Crippen LogP contribution in [0.1, 0.15) is 22.5 Å². The summed E-state index contributed by atoms with van der Waals surface area (Å²) in [7, 11) is 0. The Kier molecular flexibility index (Phi) is 6.09. The van der Waals surface area contributed by atoms with Gasteiger partial charge in [0.05, 0.1) is 6.54 Å². The van der Waals surface area contributed by atoms with Crippen LogP contribution in [0.3, 0.4) is 0 Å². The van der Waals surface area contributed by atoms with Gasteiger partial charge in [-0.1, -0.05) is 28.9 Å². The number of carbonyl (C=O) groups excluding carboxylic acids is 1. The summed E-state index contributed by atoms with van der Waals surface area (Å²) in [5.41, 5.74) is 1.08. The molecule has 2 N–H and O–H groups in total. The van der Waals surface area contributed by atoms with Crippen molar-refractivity contribution in [3.8, 4) is 0 Å². The van der Waals surface area contributed by atoms with E-state index in [9.17, 15) is 4.79 Å². The van der Waals surface area contributed by atoms with Gasteiger partial charge in [-0.3, -0.25) is 0 Å². The highest BCUT2D eigenvalue weighted by molar-refractivity contribution is 7.98. The Bertz CT molecular complexity index is 635. The molecule has 2 amide bonds. The SMILES string of the molecule is CS[C@H](CNC(=O)NCc1noc(C)n1)c1cccc(Cl)c1. The number of halogens is 1. The van der Waals surface area contributed by atoms with Crippen molar-refractivity contribution in [2.45, 2.75) is 18.7 Å². The highest BCUT2D eigenvalue weighted by Crippen LogP contribution is 2.27. The second-order valence-electron chi connectivity index (χ2n) is 4.57. The zero-order valence-electron chi connectivity index (χ0n) is 12.3. The molecule has 0 spiro atoms. The minimum absolute atomic E-state index is 0.136. The van der Waals surface area contributed by atoms with Gasteiger partial charge in [-0.15, -0.1) is 0 Å². The molecule has 0 fully saturated rings. The average Bonchev–Trinajstić information content (AvgIpc) is 2.91. The lowest BCUT2D eigenvalue weighted by molar-refractivity contribution is 0.240. The number of benzene rings is 1. The first kappa shape index (κ1) is 16.6. The molecule has 8 heteroatoms. The monoisotopic (exact) mass is 340 g/mol. The first-order chi connectivity index (χ1) is 10.6. The molecule has 1 aromatic heterocycles. The third-order valence-electron chi connectivity index (χ3n) is 2.93. The second-order valence-corrected chi connectivity index (χ2v) is 6.05. The Hall–Kier alpha value is -1.73. The summed E-state index contributed by atoms with van der Waals surface area (Å²) in [4.78, 5) is 15.8. The summed E-state index contributed by atoms with van der Waals surface area (Å²) in [5.74, 6) is 0.921. The van der Waals surface area contributed by atoms with Crippen molar-refractivity contribution in [2.75, 3.05) is 12.8 Å². The Morgan fingerprint density at radius 2 is 2.27 bits per heavy atom. The highest BCUT2D eigenvalue weighted by Gasteiger charge is 2.12. The van der Waals surface area contributed by atoms with Gasteiger partial charge in [-0.05, 0) is 24.0 Å². The quantitative estimate of drug-likeness (QED) is 0.845. The van der Waals surface area contributed by atoms with Crippen molar-refractivity contribution in [1.29, 1.82) is 0 Å². The molecule has 0 aliphatic rings. The van der Waals surface area contributed by atoms with Crippen molar-refractivity contribution in [3.05, 3.63) is 46.6 Å². The molecule has 1 atom stereocenters. The highest BCUT2D eigenvalue weighted by atomic mass is 35.5. The smallest absolute Gasteiger partial charge is 0.315 e. The van der Waals surface area contributed by atoms with Gasteiger partial charge < -0.3 is 15.2 Å². The normalized spacial score (nSPS) is 12.0. The fourth-order valence-electron chi connectivity index (χ4n) is 1.86. The molecule has 0 radical (unpaired) electrons. The van der Waals surface area contributed by atoms with E-state index in [0.717, 1.165) is 5.56 Å². The van der Waals surface area contributed by atoms with E-state index in [0.29, 0.717) is 23.3 Å². The molecule has 1 heterocycles. The first-order valence-electron chi connectivity index (χ1n) is 6.67. The number of aryl methyl sites for hydroxylation is 1. The third-order valence-corrected chi connectivity index (χ3v) is 4.17. The summed E-state index contributed by atoms with van der Waals surface area (Å²) in [6, 6.07) is 7.36. The average molecular weight is 341 g/mol. The molecule has 2 aromatic rings. The Morgan fingerprint density at radius 1 is 1.45 bits per heavy atom.